The highest BCUT2D eigenvalue weighted by molar-refractivity contribution is 5.72. The van der Waals surface area contributed by atoms with Crippen molar-refractivity contribution in [2.24, 2.45) is 5.73 Å². The molecular formula is C8H16N2O. The smallest absolute Gasteiger partial charge is 0.315 e. The molecule has 64 valence electrons. The third-order valence-corrected chi connectivity index (χ3v) is 2.02. The zero-order chi connectivity index (χ0) is 8.27. The molecular weight excluding hydrogens is 140 g/mol. The average molecular weight is 156 g/mol. The summed E-state index contributed by atoms with van der Waals surface area (Å²) in [4.78, 5) is 12.6. The van der Waals surface area contributed by atoms with Crippen LogP contribution in [0, 0.1) is 0 Å². The van der Waals surface area contributed by atoms with Crippen molar-refractivity contribution in [3.05, 3.63) is 0 Å². The summed E-state index contributed by atoms with van der Waals surface area (Å²) in [6, 6.07) is 0.222. The van der Waals surface area contributed by atoms with Gasteiger partial charge in [-0.25, -0.2) is 4.79 Å². The molecule has 1 fully saturated rings. The Kier molecular flexibility index (Phi) is 2.74. The van der Waals surface area contributed by atoms with Crippen LogP contribution in [0.3, 0.4) is 0 Å². The second-order valence-electron chi connectivity index (χ2n) is 3.12. The molecule has 0 aromatic rings. The van der Waals surface area contributed by atoms with Crippen LogP contribution in [0.2, 0.25) is 0 Å². The molecule has 0 unspecified atom stereocenters. The maximum Gasteiger partial charge on any atom is 0.315 e. The molecule has 1 rings (SSSR count). The Balaban J connectivity index is 2.26. The van der Waals surface area contributed by atoms with E-state index in [4.69, 9.17) is 5.73 Å². The van der Waals surface area contributed by atoms with Crippen LogP contribution in [-0.2, 0) is 0 Å². The number of nitrogens with zero attached hydrogens (tertiary/aromatic N) is 1. The molecule has 3 heteroatoms. The molecule has 0 saturated heterocycles. The van der Waals surface area contributed by atoms with Crippen LogP contribution in [0.5, 0.6) is 0 Å². The lowest BCUT2D eigenvalue weighted by molar-refractivity contribution is 0.204. The number of urea groups is 1. The standard InChI is InChI=1S/C8H16N2O/c1-2-3-6-10(8(9)11)7-4-5-7/h7H,2-6H2,1H3,(H2,9,11). The van der Waals surface area contributed by atoms with Crippen molar-refractivity contribution in [2.75, 3.05) is 6.54 Å². The van der Waals surface area contributed by atoms with E-state index >= 15 is 0 Å². The molecule has 0 spiro atoms. The highest BCUT2D eigenvalue weighted by Crippen LogP contribution is 2.26. The summed E-state index contributed by atoms with van der Waals surface area (Å²) in [6.45, 7) is 2.96. The molecule has 0 aliphatic heterocycles. The maximum atomic E-state index is 10.8. The van der Waals surface area contributed by atoms with E-state index in [0.29, 0.717) is 6.04 Å². The zero-order valence-corrected chi connectivity index (χ0v) is 7.05. The van der Waals surface area contributed by atoms with Gasteiger partial charge in [-0.3, -0.25) is 0 Å². The van der Waals surface area contributed by atoms with Gasteiger partial charge in [0, 0.05) is 12.6 Å². The predicted octanol–water partition coefficient (Wildman–Crippen LogP) is 1.33. The minimum absolute atomic E-state index is 0.249. The van der Waals surface area contributed by atoms with Gasteiger partial charge in [-0.1, -0.05) is 13.3 Å². The van der Waals surface area contributed by atoms with Crippen molar-refractivity contribution in [2.45, 2.75) is 38.6 Å². The van der Waals surface area contributed by atoms with Gasteiger partial charge in [0.2, 0.25) is 0 Å². The first-order valence-corrected chi connectivity index (χ1v) is 4.31. The molecule has 0 aromatic carbocycles. The molecule has 0 bridgehead atoms. The third kappa shape index (κ3) is 2.41. The van der Waals surface area contributed by atoms with Crippen molar-refractivity contribution >= 4 is 6.03 Å². The van der Waals surface area contributed by atoms with E-state index in [-0.39, 0.29) is 6.03 Å². The van der Waals surface area contributed by atoms with Crippen molar-refractivity contribution in [3.8, 4) is 0 Å². The molecule has 0 heterocycles. The number of hydrogen-bond donors (Lipinski definition) is 1. The van der Waals surface area contributed by atoms with E-state index in [9.17, 15) is 4.79 Å². The Bertz CT molecular complexity index is 143. The van der Waals surface area contributed by atoms with Crippen LogP contribution in [-0.4, -0.2) is 23.5 Å². The lowest BCUT2D eigenvalue weighted by atomic mass is 10.3. The maximum absolute atomic E-state index is 10.8. The Labute approximate surface area is 67.5 Å². The van der Waals surface area contributed by atoms with E-state index in [1.54, 1.807) is 4.90 Å². The fourth-order valence-electron chi connectivity index (χ4n) is 1.19. The molecule has 0 atom stereocenters. The monoisotopic (exact) mass is 156 g/mol. The predicted molar refractivity (Wildman–Crippen MR) is 44.2 cm³/mol. The van der Waals surface area contributed by atoms with Gasteiger partial charge < -0.3 is 10.6 Å². The molecule has 2 amide bonds. The van der Waals surface area contributed by atoms with Crippen molar-refractivity contribution in [3.63, 3.8) is 0 Å². The number of unbranched alkanes of at least 4 members (excludes halogenated alkanes) is 1. The molecule has 1 saturated carbocycles. The first-order chi connectivity index (χ1) is 5.25. The fourth-order valence-corrected chi connectivity index (χ4v) is 1.19. The van der Waals surface area contributed by atoms with Crippen LogP contribution < -0.4 is 5.73 Å². The van der Waals surface area contributed by atoms with Gasteiger partial charge in [0.15, 0.2) is 0 Å². The number of primary amides is 1. The van der Waals surface area contributed by atoms with E-state index < -0.39 is 0 Å². The SMILES string of the molecule is CCCCN(C(N)=O)C1CC1. The summed E-state index contributed by atoms with van der Waals surface area (Å²) >= 11 is 0. The topological polar surface area (TPSA) is 46.3 Å². The molecule has 2 N–H and O–H groups in total. The molecule has 1 aliphatic rings. The number of hydrogen-bond acceptors (Lipinski definition) is 1. The summed E-state index contributed by atoms with van der Waals surface area (Å²) in [5.74, 6) is 0. The molecule has 3 nitrogen and oxygen atoms in total. The van der Waals surface area contributed by atoms with Crippen molar-refractivity contribution in [1.82, 2.24) is 4.90 Å². The largest absolute Gasteiger partial charge is 0.351 e. The summed E-state index contributed by atoms with van der Waals surface area (Å²) in [5.41, 5.74) is 5.21. The van der Waals surface area contributed by atoms with E-state index in [1.165, 1.54) is 0 Å². The summed E-state index contributed by atoms with van der Waals surface area (Å²) in [7, 11) is 0. The normalized spacial score (nSPS) is 16.5. The van der Waals surface area contributed by atoms with Crippen LogP contribution in [0.25, 0.3) is 0 Å². The Morgan fingerprint density at radius 2 is 2.27 bits per heavy atom. The molecule has 11 heavy (non-hydrogen) atoms. The van der Waals surface area contributed by atoms with Crippen LogP contribution >= 0.6 is 0 Å². The Morgan fingerprint density at radius 1 is 1.64 bits per heavy atom. The highest BCUT2D eigenvalue weighted by Gasteiger charge is 2.30. The average Bonchev–Trinajstić information content (AvgIpc) is 2.71. The highest BCUT2D eigenvalue weighted by atomic mass is 16.2. The quantitative estimate of drug-likeness (QED) is 0.655. The van der Waals surface area contributed by atoms with Gasteiger partial charge in [0.25, 0.3) is 0 Å². The van der Waals surface area contributed by atoms with Gasteiger partial charge in [-0.15, -0.1) is 0 Å². The Morgan fingerprint density at radius 3 is 2.64 bits per heavy atom. The van der Waals surface area contributed by atoms with Crippen molar-refractivity contribution in [1.29, 1.82) is 0 Å². The fraction of sp³-hybridized carbons (Fsp3) is 0.875. The second-order valence-corrected chi connectivity index (χ2v) is 3.12. The van der Waals surface area contributed by atoms with Gasteiger partial charge in [0.1, 0.15) is 0 Å². The Hall–Kier alpha value is -0.730. The summed E-state index contributed by atoms with van der Waals surface area (Å²) < 4.78 is 0. The molecule has 0 aromatic heterocycles. The number of carbonyl (C=O) groups excluding carboxylic acids is 1. The minimum Gasteiger partial charge on any atom is -0.351 e. The molecule has 1 aliphatic carbocycles. The number of carbonyl (C=O) groups is 1. The van der Waals surface area contributed by atoms with Crippen LogP contribution in [0.15, 0.2) is 0 Å². The first-order valence-electron chi connectivity index (χ1n) is 4.31. The van der Waals surface area contributed by atoms with Gasteiger partial charge in [-0.2, -0.15) is 0 Å². The number of nitrogens with two attached hydrogens (primary N) is 1. The van der Waals surface area contributed by atoms with Gasteiger partial charge in [-0.05, 0) is 19.3 Å². The van der Waals surface area contributed by atoms with Crippen molar-refractivity contribution < 1.29 is 4.79 Å². The first kappa shape index (κ1) is 8.37. The second kappa shape index (κ2) is 3.60. The number of amides is 2. The third-order valence-electron chi connectivity index (χ3n) is 2.02. The van der Waals surface area contributed by atoms with Gasteiger partial charge in [0.05, 0.1) is 0 Å². The van der Waals surface area contributed by atoms with E-state index in [1.807, 2.05) is 0 Å². The van der Waals surface area contributed by atoms with Crippen LogP contribution in [0.4, 0.5) is 4.79 Å². The number of rotatable bonds is 4. The van der Waals surface area contributed by atoms with Crippen LogP contribution in [0.1, 0.15) is 32.6 Å². The summed E-state index contributed by atoms with van der Waals surface area (Å²) in [5, 5.41) is 0. The lowest BCUT2D eigenvalue weighted by Crippen LogP contribution is -2.38. The zero-order valence-electron chi connectivity index (χ0n) is 7.05. The lowest BCUT2D eigenvalue weighted by Gasteiger charge is -2.18. The van der Waals surface area contributed by atoms with Gasteiger partial charge >= 0.3 is 6.03 Å². The van der Waals surface area contributed by atoms with E-state index in [2.05, 4.69) is 6.92 Å². The molecule has 0 radical (unpaired) electrons. The van der Waals surface area contributed by atoms with E-state index in [0.717, 1.165) is 32.2 Å². The summed E-state index contributed by atoms with van der Waals surface area (Å²) in [6.07, 6.45) is 4.48. The minimum atomic E-state index is -0.249.